The number of amides is 1. The fraction of sp³-hybridized carbons (Fsp3) is 0.526. The van der Waals surface area contributed by atoms with Gasteiger partial charge in [-0.2, -0.15) is 5.10 Å². The van der Waals surface area contributed by atoms with E-state index in [0.717, 1.165) is 17.2 Å². The second-order valence-electron chi connectivity index (χ2n) is 7.33. The Bertz CT molecular complexity index is 744. The average molecular weight is 324 g/mol. The molecule has 4 rings (SSSR count). The third-order valence-electron chi connectivity index (χ3n) is 5.20. The van der Waals surface area contributed by atoms with E-state index in [4.69, 9.17) is 0 Å². The van der Waals surface area contributed by atoms with Gasteiger partial charge in [0, 0.05) is 25.0 Å². The number of hydrogen-bond donors (Lipinski definition) is 0. The van der Waals surface area contributed by atoms with Crippen LogP contribution in [0.5, 0.6) is 0 Å². The smallest absolute Gasteiger partial charge is 0.255 e. The van der Waals surface area contributed by atoms with Crippen LogP contribution in [0.15, 0.2) is 24.4 Å². The Hall–Kier alpha value is -2.17. The maximum Gasteiger partial charge on any atom is 0.255 e. The summed E-state index contributed by atoms with van der Waals surface area (Å²) in [6.07, 6.45) is 6.77. The summed E-state index contributed by atoms with van der Waals surface area (Å²) in [7, 11) is 1.96. The van der Waals surface area contributed by atoms with Crippen LogP contribution in [0.1, 0.15) is 47.4 Å². The summed E-state index contributed by atoms with van der Waals surface area (Å²) in [5.74, 6) is 2.27. The predicted molar refractivity (Wildman–Crippen MR) is 92.2 cm³/mol. The van der Waals surface area contributed by atoms with E-state index in [9.17, 15) is 4.79 Å². The molecule has 0 aliphatic heterocycles. The monoisotopic (exact) mass is 324 g/mol. The van der Waals surface area contributed by atoms with Gasteiger partial charge in [-0.15, -0.1) is 0 Å². The summed E-state index contributed by atoms with van der Waals surface area (Å²) in [6, 6.07) is 6.19. The third-order valence-corrected chi connectivity index (χ3v) is 5.20. The molecule has 0 N–H and O–H groups in total. The van der Waals surface area contributed by atoms with Gasteiger partial charge in [-0.3, -0.25) is 4.79 Å². The summed E-state index contributed by atoms with van der Waals surface area (Å²) in [4.78, 5) is 19.3. The molecule has 126 valence electrons. The van der Waals surface area contributed by atoms with Crippen LogP contribution in [-0.2, 0) is 0 Å². The predicted octanol–water partition coefficient (Wildman–Crippen LogP) is 3.14. The number of pyridine rings is 1. The first-order valence-electron chi connectivity index (χ1n) is 8.81. The maximum absolute atomic E-state index is 12.8. The average Bonchev–Trinajstić information content (AvgIpc) is 3.48. The van der Waals surface area contributed by atoms with Gasteiger partial charge < -0.3 is 4.90 Å². The number of aryl methyl sites for hydroxylation is 2. The molecular formula is C19H24N4O. The molecule has 5 nitrogen and oxygen atoms in total. The standard InChI is InChI=1S/C19H24N4O/c1-12-10-13(2)23(21-12)17-9-8-16(11-20-17)19(24)22(3)18(14-4-5-14)15-6-7-15/h8-11,14-15,18H,4-7H2,1-3H3. The highest BCUT2D eigenvalue weighted by molar-refractivity contribution is 5.94. The maximum atomic E-state index is 12.8. The van der Waals surface area contributed by atoms with Crippen LogP contribution in [0.3, 0.4) is 0 Å². The minimum Gasteiger partial charge on any atom is -0.338 e. The molecular weight excluding hydrogens is 300 g/mol. The fourth-order valence-electron chi connectivity index (χ4n) is 3.73. The molecule has 0 atom stereocenters. The molecule has 0 spiro atoms. The number of nitrogens with zero attached hydrogens (tertiary/aromatic N) is 4. The topological polar surface area (TPSA) is 51.0 Å². The van der Waals surface area contributed by atoms with E-state index in [0.29, 0.717) is 23.4 Å². The fourth-order valence-corrected chi connectivity index (χ4v) is 3.73. The van der Waals surface area contributed by atoms with Gasteiger partial charge in [0.2, 0.25) is 0 Å². The zero-order chi connectivity index (χ0) is 16.8. The minimum absolute atomic E-state index is 0.0891. The van der Waals surface area contributed by atoms with Crippen LogP contribution in [0, 0.1) is 25.7 Å². The molecule has 0 radical (unpaired) electrons. The van der Waals surface area contributed by atoms with E-state index in [2.05, 4.69) is 10.1 Å². The van der Waals surface area contributed by atoms with Crippen molar-refractivity contribution in [2.75, 3.05) is 7.05 Å². The molecule has 0 aromatic carbocycles. The van der Waals surface area contributed by atoms with E-state index >= 15 is 0 Å². The van der Waals surface area contributed by atoms with Gasteiger partial charge in [-0.25, -0.2) is 9.67 Å². The normalized spacial score (nSPS) is 17.3. The number of rotatable bonds is 5. The Balaban J connectivity index is 1.53. The first-order valence-corrected chi connectivity index (χ1v) is 8.81. The van der Waals surface area contributed by atoms with Gasteiger partial charge >= 0.3 is 0 Å². The molecule has 1 amide bonds. The zero-order valence-corrected chi connectivity index (χ0v) is 14.6. The summed E-state index contributed by atoms with van der Waals surface area (Å²) in [6.45, 7) is 3.97. The molecule has 5 heteroatoms. The van der Waals surface area contributed by atoms with Crippen LogP contribution in [-0.4, -0.2) is 38.7 Å². The molecule has 0 bridgehead atoms. The van der Waals surface area contributed by atoms with Gasteiger partial charge in [0.05, 0.1) is 11.3 Å². The molecule has 2 aromatic rings. The Kier molecular flexibility index (Phi) is 3.66. The molecule has 24 heavy (non-hydrogen) atoms. The Labute approximate surface area is 142 Å². The van der Waals surface area contributed by atoms with Gasteiger partial charge in [0.25, 0.3) is 5.91 Å². The van der Waals surface area contributed by atoms with Crippen molar-refractivity contribution in [3.63, 3.8) is 0 Å². The van der Waals surface area contributed by atoms with Crippen molar-refractivity contribution in [2.45, 2.75) is 45.6 Å². The second kappa shape index (κ2) is 5.72. The molecule has 2 aliphatic carbocycles. The lowest BCUT2D eigenvalue weighted by Crippen LogP contribution is -2.40. The SMILES string of the molecule is Cc1cc(C)n(-c2ccc(C(=O)N(C)C(C3CC3)C3CC3)cn2)n1. The largest absolute Gasteiger partial charge is 0.338 e. The highest BCUT2D eigenvalue weighted by atomic mass is 16.2. The van der Waals surface area contributed by atoms with Crippen molar-refractivity contribution in [2.24, 2.45) is 11.8 Å². The van der Waals surface area contributed by atoms with Crippen molar-refractivity contribution in [1.29, 1.82) is 0 Å². The van der Waals surface area contributed by atoms with Crippen molar-refractivity contribution < 1.29 is 4.79 Å². The van der Waals surface area contributed by atoms with Crippen LogP contribution in [0.4, 0.5) is 0 Å². The van der Waals surface area contributed by atoms with Crippen molar-refractivity contribution in [1.82, 2.24) is 19.7 Å². The van der Waals surface area contributed by atoms with E-state index in [1.165, 1.54) is 25.7 Å². The Morgan fingerprint density at radius 2 is 1.88 bits per heavy atom. The second-order valence-corrected chi connectivity index (χ2v) is 7.33. The molecule has 2 heterocycles. The number of carbonyl (C=O) groups is 1. The molecule has 2 aliphatic rings. The molecule has 0 saturated heterocycles. The van der Waals surface area contributed by atoms with Crippen LogP contribution >= 0.6 is 0 Å². The van der Waals surface area contributed by atoms with E-state index in [1.54, 1.807) is 6.20 Å². The quantitative estimate of drug-likeness (QED) is 0.849. The van der Waals surface area contributed by atoms with Crippen LogP contribution < -0.4 is 0 Å². The van der Waals surface area contributed by atoms with Gasteiger partial charge in [0.15, 0.2) is 5.82 Å². The van der Waals surface area contributed by atoms with Crippen LogP contribution in [0.2, 0.25) is 0 Å². The molecule has 0 unspecified atom stereocenters. The number of hydrogen-bond acceptors (Lipinski definition) is 3. The Morgan fingerprint density at radius 1 is 1.21 bits per heavy atom. The number of aromatic nitrogens is 3. The lowest BCUT2D eigenvalue weighted by atomic mass is 10.0. The number of carbonyl (C=O) groups excluding carboxylic acids is 1. The molecule has 2 fully saturated rings. The third kappa shape index (κ3) is 2.83. The van der Waals surface area contributed by atoms with Crippen molar-refractivity contribution >= 4 is 5.91 Å². The van der Waals surface area contributed by atoms with Gasteiger partial charge in [-0.1, -0.05) is 0 Å². The lowest BCUT2D eigenvalue weighted by Gasteiger charge is -2.28. The highest BCUT2D eigenvalue weighted by Gasteiger charge is 2.45. The molecule has 2 saturated carbocycles. The lowest BCUT2D eigenvalue weighted by molar-refractivity contribution is 0.0689. The van der Waals surface area contributed by atoms with E-state index in [1.807, 2.05) is 48.7 Å². The summed E-state index contributed by atoms with van der Waals surface area (Å²) < 4.78 is 1.81. The van der Waals surface area contributed by atoms with Crippen molar-refractivity contribution in [3.8, 4) is 5.82 Å². The van der Waals surface area contributed by atoms with E-state index in [-0.39, 0.29) is 5.91 Å². The van der Waals surface area contributed by atoms with Crippen LogP contribution in [0.25, 0.3) is 5.82 Å². The summed E-state index contributed by atoms with van der Waals surface area (Å²) in [5.41, 5.74) is 2.67. The van der Waals surface area contributed by atoms with Crippen molar-refractivity contribution in [3.05, 3.63) is 41.3 Å². The van der Waals surface area contributed by atoms with Gasteiger partial charge in [-0.05, 0) is 69.6 Å². The summed E-state index contributed by atoms with van der Waals surface area (Å²) >= 11 is 0. The van der Waals surface area contributed by atoms with Gasteiger partial charge in [0.1, 0.15) is 0 Å². The molecule has 2 aromatic heterocycles. The Morgan fingerprint density at radius 3 is 2.33 bits per heavy atom. The first kappa shape index (κ1) is 15.4. The summed E-state index contributed by atoms with van der Waals surface area (Å²) in [5, 5.41) is 4.44. The minimum atomic E-state index is 0.0891. The zero-order valence-electron chi connectivity index (χ0n) is 14.6. The highest BCUT2D eigenvalue weighted by Crippen LogP contribution is 2.47. The first-order chi connectivity index (χ1) is 11.5. The van der Waals surface area contributed by atoms with E-state index < -0.39 is 0 Å².